The first-order valence-corrected chi connectivity index (χ1v) is 36.5. The van der Waals surface area contributed by atoms with Crippen molar-refractivity contribution in [3.05, 3.63) is 0 Å². The molecule has 5 saturated carbocycles. The zero-order chi connectivity index (χ0) is 76.4. The van der Waals surface area contributed by atoms with Gasteiger partial charge < -0.3 is 81.0 Å². The molecule has 15 atom stereocenters. The summed E-state index contributed by atoms with van der Waals surface area (Å²) in [4.78, 5) is 144. The molecule has 0 aromatic carbocycles. The predicted molar refractivity (Wildman–Crippen MR) is 368 cm³/mol. The van der Waals surface area contributed by atoms with Crippen molar-refractivity contribution in [1.82, 2.24) is 55.6 Å². The molecule has 36 nitrogen and oxygen atoms in total. The van der Waals surface area contributed by atoms with Crippen molar-refractivity contribution in [2.75, 3.05) is 164 Å². The number of fused-ring (bicyclic) bond motifs is 5. The van der Waals surface area contributed by atoms with Crippen LogP contribution in [0.1, 0.15) is 111 Å². The minimum Gasteiger partial charge on any atom is -0.481 e. The third-order valence-corrected chi connectivity index (χ3v) is 22.8. The number of carbonyl (C=O) groups is 11. The Balaban J connectivity index is 1.05. The molecular formula is C68H115N11O25. The molecule has 2 amide bonds. The molecule has 0 spiro atoms. The fourth-order valence-corrected chi connectivity index (χ4v) is 17.6. The monoisotopic (exact) mass is 1490 g/mol. The minimum atomic E-state index is -1.32. The van der Waals surface area contributed by atoms with Crippen molar-refractivity contribution in [3.8, 4) is 0 Å². The molecular weight excluding hydrogens is 1370 g/mol. The number of carboxylic acids is 9. The molecule has 1 heterocycles. The van der Waals surface area contributed by atoms with E-state index in [0.717, 1.165) is 29.1 Å². The number of alkyl carbamates (subject to hydrolysis) is 1. The van der Waals surface area contributed by atoms with E-state index in [4.69, 9.17) is 14.2 Å². The highest BCUT2D eigenvalue weighted by molar-refractivity contribution is 5.78. The van der Waals surface area contributed by atoms with E-state index in [1.165, 1.54) is 4.90 Å². The number of aliphatic carboxylic acids is 9. The Morgan fingerprint density at radius 2 is 1.02 bits per heavy atom. The number of aliphatic hydroxyl groups excluding tert-OH is 2. The first-order valence-electron chi connectivity index (χ1n) is 36.5. The van der Waals surface area contributed by atoms with E-state index in [-0.39, 0.29) is 191 Å². The maximum atomic E-state index is 13.9. The quantitative estimate of drug-likeness (QED) is 0.0248. The van der Waals surface area contributed by atoms with E-state index in [9.17, 15) is 109 Å². The Bertz CT molecular complexity index is 2750. The highest BCUT2D eigenvalue weighted by Crippen LogP contribution is 2.68. The molecule has 1 saturated heterocycles. The standard InChI is InChI=1S/C68H115N11O25/c1-43(7-10-56(83)84)47-8-9-48-64-49(32-54(81)68(47,48)3)67(2)12-11-46(28-44(67)29-51(64)80)104-66(101)72-45-30-52(102-41-69-13-5-4-6-50(65(99)100)79(26-24-77(37-60(91)92)38-61(93)94)27-25-78(39-62(95)96)40-63(97)98)53(31-45)103-42-70-14-15-71-55(82)33-73-16-18-74(34-57(85)86)20-22-76(36-59(89)90)23-21-75(19-17-73)35-58(87)88/h43-54,64,69-70,80-81H,4-42H2,1-3H3,(H,71,82)(H,72,101)(H,83,84)(H,85,86)(H,87,88)(H,89,90)(H,91,92)(H,93,94)(H,95,96)(H,97,98)(H,99,100)/t43?,44-,45?,46+,47?,48?,49?,50?,51?,52?,53+,54-,64?,67-,68+/m0/s1. The predicted octanol–water partition coefficient (Wildman–Crippen LogP) is -1.33. The lowest BCUT2D eigenvalue weighted by molar-refractivity contribution is -0.207. The average molecular weight is 1490 g/mol. The zero-order valence-electron chi connectivity index (χ0n) is 60.3. The molecule has 6 aliphatic rings. The highest BCUT2D eigenvalue weighted by Gasteiger charge is 2.66. The van der Waals surface area contributed by atoms with Gasteiger partial charge in [0, 0.05) is 104 Å². The summed E-state index contributed by atoms with van der Waals surface area (Å²) in [6.45, 7) is 4.74. The van der Waals surface area contributed by atoms with Gasteiger partial charge in [0.2, 0.25) is 5.91 Å². The van der Waals surface area contributed by atoms with E-state index in [2.05, 4.69) is 42.0 Å². The lowest BCUT2D eigenvalue weighted by Gasteiger charge is -2.63. The van der Waals surface area contributed by atoms with E-state index in [1.807, 2.05) is 0 Å². The molecule has 592 valence electrons. The maximum absolute atomic E-state index is 13.9. The molecule has 0 radical (unpaired) electrons. The Labute approximate surface area is 606 Å². The smallest absolute Gasteiger partial charge is 0.407 e. The van der Waals surface area contributed by atoms with Crippen molar-refractivity contribution in [2.24, 2.45) is 46.3 Å². The summed E-state index contributed by atoms with van der Waals surface area (Å²) in [5, 5.41) is 123. The Hall–Kier alpha value is -6.55. The van der Waals surface area contributed by atoms with Crippen LogP contribution in [0.5, 0.6) is 0 Å². The Morgan fingerprint density at radius 1 is 0.529 bits per heavy atom. The lowest BCUT2D eigenvalue weighted by atomic mass is 9.43. The van der Waals surface area contributed by atoms with Crippen molar-refractivity contribution < 1.29 is 123 Å². The summed E-state index contributed by atoms with van der Waals surface area (Å²) in [6, 6.07) is -1.69. The summed E-state index contributed by atoms with van der Waals surface area (Å²) in [6.07, 6.45) is 3.19. The number of carbonyl (C=O) groups excluding carboxylic acids is 2. The van der Waals surface area contributed by atoms with Crippen LogP contribution in [0, 0.1) is 46.3 Å². The Morgan fingerprint density at radius 3 is 1.49 bits per heavy atom. The van der Waals surface area contributed by atoms with Gasteiger partial charge in [0.1, 0.15) is 12.1 Å². The first kappa shape index (κ1) is 86.4. The van der Waals surface area contributed by atoms with Crippen molar-refractivity contribution in [1.29, 1.82) is 0 Å². The zero-order valence-corrected chi connectivity index (χ0v) is 60.3. The van der Waals surface area contributed by atoms with Crippen LogP contribution in [0.15, 0.2) is 0 Å². The van der Waals surface area contributed by atoms with Crippen LogP contribution in [-0.2, 0) is 62.2 Å². The molecule has 104 heavy (non-hydrogen) atoms. The van der Waals surface area contributed by atoms with Crippen LogP contribution >= 0.6 is 0 Å². The molecule has 9 unspecified atom stereocenters. The van der Waals surface area contributed by atoms with Crippen LogP contribution in [0.3, 0.4) is 0 Å². The van der Waals surface area contributed by atoms with E-state index in [1.54, 1.807) is 19.6 Å². The minimum absolute atomic E-state index is 0.00133. The number of aliphatic hydroxyl groups is 2. The summed E-state index contributed by atoms with van der Waals surface area (Å²) >= 11 is 0. The summed E-state index contributed by atoms with van der Waals surface area (Å²) in [5.74, 6) is -10.6. The second-order valence-corrected chi connectivity index (χ2v) is 29.8. The van der Waals surface area contributed by atoms with Gasteiger partial charge in [-0.2, -0.15) is 0 Å². The molecule has 5 aliphatic carbocycles. The van der Waals surface area contributed by atoms with Crippen LogP contribution in [0.2, 0.25) is 0 Å². The molecule has 36 heteroatoms. The number of rotatable bonds is 44. The third-order valence-electron chi connectivity index (χ3n) is 22.8. The van der Waals surface area contributed by atoms with Crippen LogP contribution in [-0.4, -0.2) is 363 Å². The normalized spacial score (nSPS) is 28.6. The molecule has 0 aromatic rings. The highest BCUT2D eigenvalue weighted by atomic mass is 16.6. The lowest BCUT2D eigenvalue weighted by Crippen LogP contribution is -2.62. The van der Waals surface area contributed by atoms with Crippen molar-refractivity contribution in [2.45, 2.75) is 153 Å². The number of carboxylic acid groups (broad SMARTS) is 9. The fraction of sp³-hybridized carbons (Fsp3) is 0.838. The van der Waals surface area contributed by atoms with Crippen molar-refractivity contribution in [3.63, 3.8) is 0 Å². The summed E-state index contributed by atoms with van der Waals surface area (Å²) < 4.78 is 18.9. The molecule has 0 aromatic heterocycles. The van der Waals surface area contributed by atoms with Gasteiger partial charge >= 0.3 is 59.8 Å². The van der Waals surface area contributed by atoms with Gasteiger partial charge in [-0.3, -0.25) is 92.9 Å². The number of hydrogen-bond acceptors (Lipinski definition) is 25. The SMILES string of the molecule is CC(CCC(=O)O)C1CCC2C3C(O)C[C@@H]4C[C@H](OC(=O)NC5CC(OCNCCCCC(C(=O)O)N(CCN(CC(=O)O)CC(=O)O)CCN(CC(=O)O)CC(=O)O)[C@H](OCNCCNC(=O)CN6CCN(CC(=O)O)CCN(CC(=O)O)CCN(CC(=O)O)CC6)C5)CC[C@]4(C)C3C[C@H](O)[C@]12C. The largest absolute Gasteiger partial charge is 0.481 e. The van der Waals surface area contributed by atoms with Gasteiger partial charge in [-0.15, -0.1) is 0 Å². The molecule has 6 rings (SSSR count). The summed E-state index contributed by atoms with van der Waals surface area (Å²) in [5.41, 5.74) is -0.671. The van der Waals surface area contributed by atoms with E-state index >= 15 is 0 Å². The van der Waals surface area contributed by atoms with Gasteiger partial charge in [-0.05, 0) is 130 Å². The van der Waals surface area contributed by atoms with Crippen LogP contribution in [0.25, 0.3) is 0 Å². The number of nitrogens with one attached hydrogen (secondary N) is 4. The van der Waals surface area contributed by atoms with Crippen molar-refractivity contribution >= 4 is 65.7 Å². The number of unbranched alkanes of at least 4 members (excludes halogenated alkanes) is 1. The Kier molecular flexibility index (Phi) is 35.0. The molecule has 6 fully saturated rings. The van der Waals surface area contributed by atoms with Gasteiger partial charge in [0.05, 0.1) is 90.2 Å². The van der Waals surface area contributed by atoms with Gasteiger partial charge in [-0.1, -0.05) is 27.2 Å². The number of ether oxygens (including phenoxy) is 3. The van der Waals surface area contributed by atoms with Gasteiger partial charge in [0.15, 0.2) is 0 Å². The number of nitrogens with zero attached hydrogens (tertiary/aromatic N) is 7. The average Bonchev–Trinajstić information content (AvgIpc) is 1.40. The maximum Gasteiger partial charge on any atom is 0.407 e. The second-order valence-electron chi connectivity index (χ2n) is 29.8. The topological polar surface area (TPSA) is 509 Å². The fourth-order valence-electron chi connectivity index (χ4n) is 17.6. The molecule has 1 aliphatic heterocycles. The first-order chi connectivity index (χ1) is 49.2. The number of amides is 2. The van der Waals surface area contributed by atoms with Crippen LogP contribution < -0.4 is 21.3 Å². The van der Waals surface area contributed by atoms with Crippen LogP contribution in [0.4, 0.5) is 4.79 Å². The molecule has 0 bridgehead atoms. The number of hydrogen-bond donors (Lipinski definition) is 15. The summed E-state index contributed by atoms with van der Waals surface area (Å²) in [7, 11) is 0. The second kappa shape index (κ2) is 42.1. The third kappa shape index (κ3) is 27.3. The van der Waals surface area contributed by atoms with E-state index < -0.39 is 134 Å². The van der Waals surface area contributed by atoms with Gasteiger partial charge in [0.25, 0.3) is 0 Å². The molecule has 15 N–H and O–H groups in total. The van der Waals surface area contributed by atoms with Gasteiger partial charge in [-0.25, -0.2) is 4.79 Å². The van der Waals surface area contributed by atoms with E-state index in [0.29, 0.717) is 64.3 Å².